The molecule has 3 unspecified atom stereocenters. The maximum Gasteiger partial charge on any atom is 0.0804 e. The van der Waals surface area contributed by atoms with Crippen molar-refractivity contribution in [2.24, 2.45) is 0 Å². The van der Waals surface area contributed by atoms with Crippen LogP contribution in [0.5, 0.6) is 0 Å². The van der Waals surface area contributed by atoms with Crippen molar-refractivity contribution in [2.75, 3.05) is 13.7 Å². The molecular formula is C15H25NO2. The molecule has 0 amide bonds. The van der Waals surface area contributed by atoms with Crippen molar-refractivity contribution in [3.05, 3.63) is 35.9 Å². The summed E-state index contributed by atoms with van der Waals surface area (Å²) in [5.74, 6) is 0. The molecule has 3 heteroatoms. The summed E-state index contributed by atoms with van der Waals surface area (Å²) in [6.45, 7) is 5.02. The van der Waals surface area contributed by atoms with Crippen LogP contribution < -0.4 is 5.32 Å². The van der Waals surface area contributed by atoms with E-state index in [1.807, 2.05) is 30.3 Å². The van der Waals surface area contributed by atoms with Gasteiger partial charge in [0.15, 0.2) is 0 Å². The molecule has 0 aromatic heterocycles. The van der Waals surface area contributed by atoms with Gasteiger partial charge >= 0.3 is 0 Å². The molecule has 1 aromatic rings. The van der Waals surface area contributed by atoms with Crippen molar-refractivity contribution in [1.82, 2.24) is 5.32 Å². The Balaban J connectivity index is 2.33. The molecule has 18 heavy (non-hydrogen) atoms. The molecule has 0 radical (unpaired) electrons. The fourth-order valence-electron chi connectivity index (χ4n) is 2.08. The lowest BCUT2D eigenvalue weighted by Gasteiger charge is -2.22. The summed E-state index contributed by atoms with van der Waals surface area (Å²) in [6.07, 6.45) is 1.31. The van der Waals surface area contributed by atoms with E-state index in [0.29, 0.717) is 6.04 Å². The highest BCUT2D eigenvalue weighted by Gasteiger charge is 2.13. The van der Waals surface area contributed by atoms with Crippen molar-refractivity contribution < 1.29 is 9.84 Å². The van der Waals surface area contributed by atoms with Crippen molar-refractivity contribution in [2.45, 2.75) is 44.9 Å². The molecule has 3 nitrogen and oxygen atoms in total. The number of rotatable bonds is 8. The quantitative estimate of drug-likeness (QED) is 0.746. The molecule has 0 heterocycles. The zero-order valence-electron chi connectivity index (χ0n) is 11.6. The van der Waals surface area contributed by atoms with Crippen LogP contribution in [0.3, 0.4) is 0 Å². The first-order valence-electron chi connectivity index (χ1n) is 6.61. The van der Waals surface area contributed by atoms with Gasteiger partial charge in [-0.3, -0.25) is 0 Å². The van der Waals surface area contributed by atoms with Gasteiger partial charge in [-0.1, -0.05) is 30.3 Å². The van der Waals surface area contributed by atoms with E-state index in [9.17, 15) is 5.11 Å². The van der Waals surface area contributed by atoms with Gasteiger partial charge in [-0.05, 0) is 32.3 Å². The summed E-state index contributed by atoms with van der Waals surface area (Å²) < 4.78 is 5.06. The number of methoxy groups -OCH3 is 1. The number of aliphatic hydroxyl groups excluding tert-OH is 1. The minimum Gasteiger partial charge on any atom is -0.388 e. The van der Waals surface area contributed by atoms with Gasteiger partial charge in [0.05, 0.1) is 6.10 Å². The number of aliphatic hydroxyl groups is 1. The SMILES string of the molecule is COCCC(C)NC(C)CC(O)c1ccccc1. The van der Waals surface area contributed by atoms with Gasteiger partial charge in [0.25, 0.3) is 0 Å². The average Bonchev–Trinajstić information content (AvgIpc) is 2.37. The summed E-state index contributed by atoms with van der Waals surface area (Å²) in [7, 11) is 1.72. The molecule has 0 spiro atoms. The topological polar surface area (TPSA) is 41.5 Å². The average molecular weight is 251 g/mol. The van der Waals surface area contributed by atoms with E-state index < -0.39 is 6.10 Å². The molecular weight excluding hydrogens is 226 g/mol. The molecule has 1 aromatic carbocycles. The van der Waals surface area contributed by atoms with Gasteiger partial charge in [0.2, 0.25) is 0 Å². The van der Waals surface area contributed by atoms with Crippen LogP contribution in [-0.4, -0.2) is 30.9 Å². The van der Waals surface area contributed by atoms with E-state index in [-0.39, 0.29) is 6.04 Å². The Labute approximate surface area is 110 Å². The van der Waals surface area contributed by atoms with E-state index in [1.54, 1.807) is 7.11 Å². The maximum absolute atomic E-state index is 10.1. The molecule has 102 valence electrons. The summed E-state index contributed by atoms with van der Waals surface area (Å²) in [6, 6.07) is 10.5. The highest BCUT2D eigenvalue weighted by Crippen LogP contribution is 2.17. The van der Waals surface area contributed by atoms with Crippen LogP contribution in [0.1, 0.15) is 38.4 Å². The lowest BCUT2D eigenvalue weighted by atomic mass is 10.0. The maximum atomic E-state index is 10.1. The van der Waals surface area contributed by atoms with Crippen LogP contribution in [0.15, 0.2) is 30.3 Å². The van der Waals surface area contributed by atoms with Crippen LogP contribution >= 0.6 is 0 Å². The van der Waals surface area contributed by atoms with Crippen LogP contribution in [0, 0.1) is 0 Å². The minimum atomic E-state index is -0.400. The van der Waals surface area contributed by atoms with Gasteiger partial charge in [-0.15, -0.1) is 0 Å². The Kier molecular flexibility index (Phi) is 6.94. The normalized spacial score (nSPS) is 16.2. The summed E-state index contributed by atoms with van der Waals surface area (Å²) in [5, 5.41) is 13.6. The fourth-order valence-corrected chi connectivity index (χ4v) is 2.08. The van der Waals surface area contributed by atoms with Gasteiger partial charge in [-0.2, -0.15) is 0 Å². The number of benzene rings is 1. The molecule has 0 aliphatic rings. The highest BCUT2D eigenvalue weighted by atomic mass is 16.5. The Bertz CT molecular complexity index is 316. The predicted molar refractivity (Wildman–Crippen MR) is 74.6 cm³/mol. The molecule has 1 rings (SSSR count). The van der Waals surface area contributed by atoms with Crippen LogP contribution in [0.2, 0.25) is 0 Å². The minimum absolute atomic E-state index is 0.284. The second-order valence-electron chi connectivity index (χ2n) is 4.91. The van der Waals surface area contributed by atoms with Gasteiger partial charge in [0, 0.05) is 25.8 Å². The third-order valence-corrected chi connectivity index (χ3v) is 3.09. The first kappa shape index (κ1) is 15.2. The van der Waals surface area contributed by atoms with Crippen LogP contribution in [0.4, 0.5) is 0 Å². The summed E-state index contributed by atoms with van der Waals surface area (Å²) in [4.78, 5) is 0. The molecule has 0 aliphatic carbocycles. The molecule has 0 aliphatic heterocycles. The summed E-state index contributed by atoms with van der Waals surface area (Å²) in [5.41, 5.74) is 0.982. The Hall–Kier alpha value is -0.900. The molecule has 0 fully saturated rings. The second-order valence-corrected chi connectivity index (χ2v) is 4.91. The van der Waals surface area contributed by atoms with Crippen LogP contribution in [0.25, 0.3) is 0 Å². The lowest BCUT2D eigenvalue weighted by molar-refractivity contribution is 0.147. The molecule has 2 N–H and O–H groups in total. The van der Waals surface area contributed by atoms with E-state index in [2.05, 4.69) is 19.2 Å². The molecule has 3 atom stereocenters. The molecule has 0 saturated heterocycles. The Morgan fingerprint density at radius 2 is 1.83 bits per heavy atom. The number of hydrogen-bond donors (Lipinski definition) is 2. The van der Waals surface area contributed by atoms with Crippen molar-refractivity contribution >= 4 is 0 Å². The Morgan fingerprint density at radius 1 is 1.17 bits per heavy atom. The third kappa shape index (κ3) is 5.63. The third-order valence-electron chi connectivity index (χ3n) is 3.09. The van der Waals surface area contributed by atoms with E-state index >= 15 is 0 Å². The zero-order chi connectivity index (χ0) is 13.4. The van der Waals surface area contributed by atoms with E-state index in [0.717, 1.165) is 25.0 Å². The van der Waals surface area contributed by atoms with Crippen molar-refractivity contribution in [3.8, 4) is 0 Å². The number of ether oxygens (including phenoxy) is 1. The van der Waals surface area contributed by atoms with E-state index in [1.165, 1.54) is 0 Å². The zero-order valence-corrected chi connectivity index (χ0v) is 11.6. The summed E-state index contributed by atoms with van der Waals surface area (Å²) >= 11 is 0. The first-order valence-corrected chi connectivity index (χ1v) is 6.61. The standard InChI is InChI=1S/C15H25NO2/c1-12(9-10-18-3)16-13(2)11-15(17)14-7-5-4-6-8-14/h4-8,12-13,15-17H,9-11H2,1-3H3. The fraction of sp³-hybridized carbons (Fsp3) is 0.600. The van der Waals surface area contributed by atoms with Crippen LogP contribution in [-0.2, 0) is 4.74 Å². The van der Waals surface area contributed by atoms with Crippen molar-refractivity contribution in [3.63, 3.8) is 0 Å². The number of hydrogen-bond acceptors (Lipinski definition) is 3. The Morgan fingerprint density at radius 3 is 2.44 bits per heavy atom. The number of nitrogens with one attached hydrogen (secondary N) is 1. The monoisotopic (exact) mass is 251 g/mol. The molecule has 0 bridgehead atoms. The van der Waals surface area contributed by atoms with Gasteiger partial charge in [0.1, 0.15) is 0 Å². The highest BCUT2D eigenvalue weighted by molar-refractivity contribution is 5.17. The first-order chi connectivity index (χ1) is 8.63. The van der Waals surface area contributed by atoms with E-state index in [4.69, 9.17) is 4.74 Å². The predicted octanol–water partition coefficient (Wildman–Crippen LogP) is 2.51. The van der Waals surface area contributed by atoms with Gasteiger partial charge in [-0.25, -0.2) is 0 Å². The molecule has 0 saturated carbocycles. The second kappa shape index (κ2) is 8.25. The smallest absolute Gasteiger partial charge is 0.0804 e. The lowest BCUT2D eigenvalue weighted by Crippen LogP contribution is -2.36. The largest absolute Gasteiger partial charge is 0.388 e. The van der Waals surface area contributed by atoms with Crippen molar-refractivity contribution in [1.29, 1.82) is 0 Å². The van der Waals surface area contributed by atoms with Gasteiger partial charge < -0.3 is 15.2 Å².